The summed E-state index contributed by atoms with van der Waals surface area (Å²) in [6, 6.07) is 8.18. The summed E-state index contributed by atoms with van der Waals surface area (Å²) in [5.74, 6) is -1.92. The molecular formula is C25H27F3N2O5S. The lowest BCUT2D eigenvalue weighted by Crippen LogP contribution is -2.59. The maximum absolute atomic E-state index is 13.7. The number of benzene rings is 2. The van der Waals surface area contributed by atoms with Crippen LogP contribution in [0.4, 0.5) is 13.2 Å². The van der Waals surface area contributed by atoms with Crippen LogP contribution in [0.1, 0.15) is 36.1 Å². The van der Waals surface area contributed by atoms with Crippen LogP contribution in [0.2, 0.25) is 0 Å². The van der Waals surface area contributed by atoms with Crippen molar-refractivity contribution in [3.05, 3.63) is 64.7 Å². The summed E-state index contributed by atoms with van der Waals surface area (Å²) in [6.45, 7) is 3.68. The van der Waals surface area contributed by atoms with Crippen LogP contribution in [-0.2, 0) is 45.1 Å². The summed E-state index contributed by atoms with van der Waals surface area (Å²) in [4.78, 5) is 26.0. The van der Waals surface area contributed by atoms with E-state index in [-0.39, 0.29) is 43.2 Å². The van der Waals surface area contributed by atoms with Crippen LogP contribution in [0.15, 0.2) is 47.4 Å². The van der Waals surface area contributed by atoms with Gasteiger partial charge in [-0.25, -0.2) is 8.42 Å². The van der Waals surface area contributed by atoms with Crippen LogP contribution >= 0.6 is 0 Å². The van der Waals surface area contributed by atoms with Gasteiger partial charge in [-0.05, 0) is 61.6 Å². The number of carboxylic acid groups (broad SMARTS) is 1. The molecule has 7 nitrogen and oxygen atoms in total. The Morgan fingerprint density at radius 2 is 1.61 bits per heavy atom. The molecular weight excluding hydrogens is 497 g/mol. The molecule has 3 unspecified atom stereocenters. The van der Waals surface area contributed by atoms with Gasteiger partial charge >= 0.3 is 12.1 Å². The van der Waals surface area contributed by atoms with Gasteiger partial charge in [0.25, 0.3) is 0 Å². The summed E-state index contributed by atoms with van der Waals surface area (Å²) in [5, 5.41) is 9.40. The molecule has 1 fully saturated rings. The molecule has 2 aliphatic rings. The Balaban J connectivity index is 1.49. The monoisotopic (exact) mass is 524 g/mol. The first-order valence-electron chi connectivity index (χ1n) is 11.6. The van der Waals surface area contributed by atoms with Gasteiger partial charge in [-0.3, -0.25) is 9.59 Å². The van der Waals surface area contributed by atoms with E-state index in [0.29, 0.717) is 16.7 Å². The number of halogens is 3. The Morgan fingerprint density at radius 3 is 2.17 bits per heavy atom. The van der Waals surface area contributed by atoms with Crippen molar-refractivity contribution in [1.29, 1.82) is 0 Å². The predicted octanol–water partition coefficient (Wildman–Crippen LogP) is 3.36. The molecule has 36 heavy (non-hydrogen) atoms. The molecule has 3 atom stereocenters. The molecule has 1 saturated heterocycles. The number of carbonyl (C=O) groups is 2. The SMILES string of the molecule is CC1CN(C(=O)Cc2ccc(C(F)(F)F)cc2)CC(C)N1S(=O)(=O)c1cccc2c1CC(C(=O)O)C2. The van der Waals surface area contributed by atoms with Crippen LogP contribution in [0.3, 0.4) is 0 Å². The van der Waals surface area contributed by atoms with Crippen LogP contribution in [-0.4, -0.2) is 59.8 Å². The lowest BCUT2D eigenvalue weighted by molar-refractivity contribution is -0.141. The van der Waals surface area contributed by atoms with Gasteiger partial charge in [0, 0.05) is 25.2 Å². The van der Waals surface area contributed by atoms with E-state index < -0.39 is 45.7 Å². The molecule has 0 saturated carbocycles. The average Bonchev–Trinajstić information content (AvgIpc) is 3.23. The van der Waals surface area contributed by atoms with Gasteiger partial charge in [0.2, 0.25) is 15.9 Å². The number of hydrogen-bond acceptors (Lipinski definition) is 4. The van der Waals surface area contributed by atoms with Gasteiger partial charge in [-0.2, -0.15) is 17.5 Å². The Morgan fingerprint density at radius 1 is 1.00 bits per heavy atom. The van der Waals surface area contributed by atoms with Gasteiger partial charge in [-0.1, -0.05) is 24.3 Å². The number of aliphatic carboxylic acids is 1. The van der Waals surface area contributed by atoms with E-state index in [1.165, 1.54) is 27.4 Å². The highest BCUT2D eigenvalue weighted by molar-refractivity contribution is 7.89. The quantitative estimate of drug-likeness (QED) is 0.648. The number of hydrogen-bond donors (Lipinski definition) is 1. The summed E-state index contributed by atoms with van der Waals surface area (Å²) < 4.78 is 67.2. The van der Waals surface area contributed by atoms with Crippen molar-refractivity contribution in [2.24, 2.45) is 5.92 Å². The van der Waals surface area contributed by atoms with Gasteiger partial charge in [0.05, 0.1) is 22.8 Å². The van der Waals surface area contributed by atoms with E-state index in [1.807, 2.05) is 0 Å². The molecule has 1 heterocycles. The van der Waals surface area contributed by atoms with Crippen LogP contribution in [0.5, 0.6) is 0 Å². The number of carbonyl (C=O) groups excluding carboxylic acids is 1. The zero-order chi connectivity index (χ0) is 26.4. The van der Waals surface area contributed by atoms with Gasteiger partial charge in [0.1, 0.15) is 0 Å². The molecule has 1 aliphatic heterocycles. The van der Waals surface area contributed by atoms with Gasteiger partial charge in [-0.15, -0.1) is 0 Å². The number of sulfonamides is 1. The maximum Gasteiger partial charge on any atom is 0.416 e. The zero-order valence-electron chi connectivity index (χ0n) is 19.8. The number of fused-ring (bicyclic) bond motifs is 1. The largest absolute Gasteiger partial charge is 0.481 e. The molecule has 0 spiro atoms. The summed E-state index contributed by atoms with van der Waals surface area (Å²) >= 11 is 0. The lowest BCUT2D eigenvalue weighted by atomic mass is 10.1. The lowest BCUT2D eigenvalue weighted by Gasteiger charge is -2.43. The van der Waals surface area contributed by atoms with E-state index in [1.54, 1.807) is 26.0 Å². The number of carboxylic acids is 1. The molecule has 0 radical (unpaired) electrons. The third kappa shape index (κ3) is 4.99. The third-order valence-electron chi connectivity index (χ3n) is 6.88. The molecule has 2 aromatic rings. The molecule has 0 aromatic heterocycles. The first-order chi connectivity index (χ1) is 16.8. The minimum Gasteiger partial charge on any atom is -0.481 e. The maximum atomic E-state index is 13.7. The van der Waals surface area contributed by atoms with E-state index in [9.17, 15) is 36.3 Å². The van der Waals surface area contributed by atoms with Gasteiger partial charge < -0.3 is 10.0 Å². The highest BCUT2D eigenvalue weighted by atomic mass is 32.2. The van der Waals surface area contributed by atoms with Crippen molar-refractivity contribution >= 4 is 21.9 Å². The minimum absolute atomic E-state index is 0.0902. The fourth-order valence-electron chi connectivity index (χ4n) is 5.23. The summed E-state index contributed by atoms with van der Waals surface area (Å²) in [5.41, 5.74) is 0.900. The number of piperazine rings is 1. The van der Waals surface area contributed by atoms with Crippen molar-refractivity contribution in [2.45, 2.75) is 56.3 Å². The van der Waals surface area contributed by atoms with Crippen LogP contribution < -0.4 is 0 Å². The van der Waals surface area contributed by atoms with Crippen molar-refractivity contribution in [3.63, 3.8) is 0 Å². The number of rotatable bonds is 5. The van der Waals surface area contributed by atoms with Crippen molar-refractivity contribution in [1.82, 2.24) is 9.21 Å². The second-order valence-electron chi connectivity index (χ2n) is 9.54. The van der Waals surface area contributed by atoms with E-state index >= 15 is 0 Å². The number of alkyl halides is 3. The minimum atomic E-state index is -4.46. The average molecular weight is 525 g/mol. The molecule has 2 aromatic carbocycles. The Hall–Kier alpha value is -2.92. The summed E-state index contributed by atoms with van der Waals surface area (Å²) in [7, 11) is -3.97. The Bertz CT molecular complexity index is 1270. The number of nitrogens with zero attached hydrogens (tertiary/aromatic N) is 2. The molecule has 194 valence electrons. The second kappa shape index (κ2) is 9.51. The smallest absolute Gasteiger partial charge is 0.416 e. The van der Waals surface area contributed by atoms with Gasteiger partial charge in [0.15, 0.2) is 0 Å². The Kier molecular flexibility index (Phi) is 6.91. The third-order valence-corrected chi connectivity index (χ3v) is 9.09. The van der Waals surface area contributed by atoms with Crippen molar-refractivity contribution < 1.29 is 36.3 Å². The topological polar surface area (TPSA) is 95.0 Å². The molecule has 1 N–H and O–H groups in total. The standard InChI is InChI=1S/C25H27F3N2O5S/c1-15-13-29(23(31)10-17-6-8-20(9-7-17)25(26,27)28)14-16(2)30(15)36(34,35)22-5-3-4-18-11-19(24(32)33)12-21(18)22/h3-9,15-16,19H,10-14H2,1-2H3,(H,32,33). The molecule has 11 heteroatoms. The fraction of sp³-hybridized carbons (Fsp3) is 0.440. The first-order valence-corrected chi connectivity index (χ1v) is 13.0. The number of amides is 1. The van der Waals surface area contributed by atoms with Crippen molar-refractivity contribution in [3.8, 4) is 0 Å². The van der Waals surface area contributed by atoms with E-state index in [2.05, 4.69) is 0 Å². The molecule has 1 aliphatic carbocycles. The molecule has 1 amide bonds. The summed E-state index contributed by atoms with van der Waals surface area (Å²) in [6.07, 6.45) is -4.12. The van der Waals surface area contributed by atoms with E-state index in [0.717, 1.165) is 12.1 Å². The first kappa shape index (κ1) is 26.2. The van der Waals surface area contributed by atoms with E-state index in [4.69, 9.17) is 0 Å². The Labute approximate surface area is 207 Å². The van der Waals surface area contributed by atoms with Crippen molar-refractivity contribution in [2.75, 3.05) is 13.1 Å². The second-order valence-corrected chi connectivity index (χ2v) is 11.4. The highest BCUT2D eigenvalue weighted by Crippen LogP contribution is 2.35. The fourth-order valence-corrected chi connectivity index (χ4v) is 7.32. The molecule has 0 bridgehead atoms. The predicted molar refractivity (Wildman–Crippen MR) is 125 cm³/mol. The van der Waals surface area contributed by atoms with Crippen LogP contribution in [0.25, 0.3) is 0 Å². The normalized spacial score (nSPS) is 22.9. The zero-order valence-corrected chi connectivity index (χ0v) is 20.6. The molecule has 4 rings (SSSR count). The highest BCUT2D eigenvalue weighted by Gasteiger charge is 2.42. The van der Waals surface area contributed by atoms with Crippen LogP contribution in [0, 0.1) is 5.92 Å².